The third-order valence-corrected chi connectivity index (χ3v) is 10.6. The predicted octanol–water partition coefficient (Wildman–Crippen LogP) is 7.82. The Bertz CT molecular complexity index is 680. The van der Waals surface area contributed by atoms with Crippen molar-refractivity contribution >= 4 is 5.97 Å². The van der Waals surface area contributed by atoms with E-state index in [1.54, 1.807) is 6.92 Å². The number of fused-ring (bicyclic) bond motifs is 5. The van der Waals surface area contributed by atoms with Crippen molar-refractivity contribution in [2.24, 2.45) is 52.3 Å². The number of carbonyl (C=O) groups is 1. The summed E-state index contributed by atoms with van der Waals surface area (Å²) in [6, 6.07) is 0. The molecule has 0 aromatic carbocycles. The number of ether oxygens (including phenoxy) is 1. The van der Waals surface area contributed by atoms with Gasteiger partial charge in [0.05, 0.1) is 0 Å². The number of allylic oxidation sites excluding steroid dienone is 2. The lowest BCUT2D eigenvalue weighted by Crippen LogP contribution is -2.53. The molecule has 4 rings (SSSR count). The molecule has 2 nitrogen and oxygen atoms in total. The lowest BCUT2D eigenvalue weighted by molar-refractivity contribution is -0.150. The van der Waals surface area contributed by atoms with Crippen molar-refractivity contribution in [3.63, 3.8) is 0 Å². The fourth-order valence-electron chi connectivity index (χ4n) is 9.28. The van der Waals surface area contributed by atoms with Gasteiger partial charge < -0.3 is 4.74 Å². The molecule has 4 saturated carbocycles. The number of esters is 1. The minimum Gasteiger partial charge on any atom is -0.462 e. The molecule has 31 heavy (non-hydrogen) atoms. The summed E-state index contributed by atoms with van der Waals surface area (Å²) >= 11 is 0. The van der Waals surface area contributed by atoms with Gasteiger partial charge in [-0.2, -0.15) is 0 Å². The molecule has 0 heterocycles. The van der Waals surface area contributed by atoms with Crippen molar-refractivity contribution in [3.05, 3.63) is 12.2 Å². The molecule has 0 radical (unpaired) electrons. The van der Waals surface area contributed by atoms with Crippen LogP contribution < -0.4 is 0 Å². The topological polar surface area (TPSA) is 26.3 Å². The summed E-state index contributed by atoms with van der Waals surface area (Å²) < 4.78 is 6.07. The molecule has 0 unspecified atom stereocenters. The van der Waals surface area contributed by atoms with Gasteiger partial charge >= 0.3 is 5.97 Å². The lowest BCUT2D eigenvalue weighted by Gasteiger charge is -2.60. The van der Waals surface area contributed by atoms with Gasteiger partial charge in [-0.1, -0.05) is 59.6 Å². The van der Waals surface area contributed by atoms with E-state index in [2.05, 4.69) is 46.8 Å². The third-order valence-electron chi connectivity index (χ3n) is 10.6. The monoisotopic (exact) mass is 428 g/mol. The molecule has 0 aromatic rings. The third kappa shape index (κ3) is 4.15. The second-order valence-corrected chi connectivity index (χ2v) is 12.8. The van der Waals surface area contributed by atoms with E-state index >= 15 is 0 Å². The minimum absolute atomic E-state index is 0.0879. The Morgan fingerprint density at radius 1 is 1.00 bits per heavy atom. The normalized spacial score (nSPS) is 45.8. The molecule has 0 aliphatic heterocycles. The Labute approximate surface area is 192 Å². The molecule has 0 N–H and O–H groups in total. The average Bonchev–Trinajstić information content (AvgIpc) is 2.98. The Morgan fingerprint density at radius 2 is 1.77 bits per heavy atom. The zero-order chi connectivity index (χ0) is 22.4. The first-order valence-corrected chi connectivity index (χ1v) is 13.5. The quantitative estimate of drug-likeness (QED) is 0.329. The van der Waals surface area contributed by atoms with Crippen LogP contribution in [0.3, 0.4) is 0 Å². The lowest BCUT2D eigenvalue weighted by atomic mass is 9.44. The largest absolute Gasteiger partial charge is 0.462 e. The van der Waals surface area contributed by atoms with Crippen LogP contribution in [0.1, 0.15) is 106 Å². The van der Waals surface area contributed by atoms with Gasteiger partial charge in [-0.05, 0) is 97.7 Å². The first kappa shape index (κ1) is 23.4. The van der Waals surface area contributed by atoms with Crippen LogP contribution in [-0.2, 0) is 9.53 Å². The summed E-state index contributed by atoms with van der Waals surface area (Å²) in [5.74, 6) is 4.96. The SMILES string of the molecule is CC(=O)O[C@H]1C[C@H]2[C@@H]3CC[C@H]4CCCC[C@]4(C)[C@H]3CC[C@]2(C)[C@H]1[C@H](C)/C=C\CC(C)C. The van der Waals surface area contributed by atoms with Gasteiger partial charge in [0.25, 0.3) is 0 Å². The molecule has 2 heteroatoms. The summed E-state index contributed by atoms with van der Waals surface area (Å²) in [6.45, 7) is 13.8. The molecular formula is C29H48O2. The Morgan fingerprint density at radius 3 is 2.48 bits per heavy atom. The van der Waals surface area contributed by atoms with E-state index < -0.39 is 0 Å². The van der Waals surface area contributed by atoms with Gasteiger partial charge in [0.2, 0.25) is 0 Å². The first-order chi connectivity index (χ1) is 14.7. The fourth-order valence-corrected chi connectivity index (χ4v) is 9.28. The van der Waals surface area contributed by atoms with Crippen LogP contribution >= 0.6 is 0 Å². The minimum atomic E-state index is -0.0879. The summed E-state index contributed by atoms with van der Waals surface area (Å²) in [4.78, 5) is 12.1. The van der Waals surface area contributed by atoms with E-state index in [9.17, 15) is 4.79 Å². The fraction of sp³-hybridized carbons (Fsp3) is 0.897. The Kier molecular flexibility index (Phi) is 6.68. The molecule has 4 fully saturated rings. The highest BCUT2D eigenvalue weighted by Gasteiger charge is 2.63. The van der Waals surface area contributed by atoms with Gasteiger partial charge in [0.15, 0.2) is 0 Å². The number of hydrogen-bond donors (Lipinski definition) is 0. The maximum Gasteiger partial charge on any atom is 0.302 e. The zero-order valence-corrected chi connectivity index (χ0v) is 21.2. The van der Waals surface area contributed by atoms with Gasteiger partial charge in [-0.15, -0.1) is 0 Å². The van der Waals surface area contributed by atoms with E-state index in [-0.39, 0.29) is 12.1 Å². The molecule has 9 atom stereocenters. The van der Waals surface area contributed by atoms with Gasteiger partial charge in [0.1, 0.15) is 6.10 Å². The second-order valence-electron chi connectivity index (χ2n) is 12.8. The van der Waals surface area contributed by atoms with E-state index in [0.717, 1.165) is 36.5 Å². The van der Waals surface area contributed by atoms with E-state index in [4.69, 9.17) is 4.74 Å². The second kappa shape index (κ2) is 8.86. The maximum absolute atomic E-state index is 12.1. The van der Waals surface area contributed by atoms with Crippen LogP contribution in [-0.4, -0.2) is 12.1 Å². The molecule has 0 spiro atoms. The molecular weight excluding hydrogens is 380 g/mol. The highest BCUT2D eigenvalue weighted by molar-refractivity contribution is 5.66. The summed E-state index contributed by atoms with van der Waals surface area (Å²) in [7, 11) is 0. The maximum atomic E-state index is 12.1. The van der Waals surface area contributed by atoms with Gasteiger partial charge in [0, 0.05) is 12.8 Å². The van der Waals surface area contributed by atoms with Crippen LogP contribution in [0.25, 0.3) is 0 Å². The van der Waals surface area contributed by atoms with Crippen LogP contribution in [0, 0.1) is 52.3 Å². The number of rotatable bonds is 5. The van der Waals surface area contributed by atoms with Gasteiger partial charge in [-0.3, -0.25) is 4.79 Å². The zero-order valence-electron chi connectivity index (χ0n) is 21.2. The molecule has 0 aromatic heterocycles. The highest BCUT2D eigenvalue weighted by Crippen LogP contribution is 2.68. The van der Waals surface area contributed by atoms with E-state index in [0.29, 0.717) is 28.6 Å². The van der Waals surface area contributed by atoms with Crippen molar-refractivity contribution in [1.82, 2.24) is 0 Å². The van der Waals surface area contributed by atoms with Crippen molar-refractivity contribution < 1.29 is 9.53 Å². The molecule has 0 saturated heterocycles. The Hall–Kier alpha value is -0.790. The summed E-state index contributed by atoms with van der Waals surface area (Å²) in [5, 5.41) is 0. The van der Waals surface area contributed by atoms with E-state index in [1.165, 1.54) is 51.4 Å². The van der Waals surface area contributed by atoms with Crippen molar-refractivity contribution in [2.75, 3.05) is 0 Å². The number of hydrogen-bond acceptors (Lipinski definition) is 2. The molecule has 0 bridgehead atoms. The Balaban J connectivity index is 1.60. The average molecular weight is 429 g/mol. The highest BCUT2D eigenvalue weighted by atomic mass is 16.5. The van der Waals surface area contributed by atoms with Crippen LogP contribution in [0.2, 0.25) is 0 Å². The van der Waals surface area contributed by atoms with Crippen molar-refractivity contribution in [1.29, 1.82) is 0 Å². The molecule has 4 aliphatic carbocycles. The molecule has 0 amide bonds. The van der Waals surface area contributed by atoms with Gasteiger partial charge in [-0.25, -0.2) is 0 Å². The standard InChI is InChI=1S/C29H48O2/c1-19(2)10-9-11-20(3)27-26(31-21(4)30)18-25-23-14-13-22-12-7-8-16-28(22,5)24(23)15-17-29(25,27)6/h9,11,19-20,22-27H,7-8,10,12-18H2,1-6H3/b11-9-/t20-,22-,23-,24+,25+,26+,27+,28+,29+/m1/s1. The molecule has 176 valence electrons. The van der Waals surface area contributed by atoms with Crippen LogP contribution in [0.5, 0.6) is 0 Å². The van der Waals surface area contributed by atoms with Crippen LogP contribution in [0.4, 0.5) is 0 Å². The predicted molar refractivity (Wildman–Crippen MR) is 129 cm³/mol. The van der Waals surface area contributed by atoms with E-state index in [1.807, 2.05) is 0 Å². The molecule has 4 aliphatic rings. The van der Waals surface area contributed by atoms with Crippen molar-refractivity contribution in [2.45, 2.75) is 112 Å². The van der Waals surface area contributed by atoms with Crippen LogP contribution in [0.15, 0.2) is 12.2 Å². The smallest absolute Gasteiger partial charge is 0.302 e. The summed E-state index contributed by atoms with van der Waals surface area (Å²) in [5.41, 5.74) is 0.876. The van der Waals surface area contributed by atoms with Crippen molar-refractivity contribution in [3.8, 4) is 0 Å². The number of carbonyl (C=O) groups excluding carboxylic acids is 1. The summed E-state index contributed by atoms with van der Waals surface area (Å²) in [6.07, 6.45) is 18.6. The first-order valence-electron chi connectivity index (χ1n) is 13.5.